The maximum atomic E-state index is 13.8. The van der Waals surface area contributed by atoms with E-state index in [1.807, 2.05) is 12.1 Å². The number of aliphatic hydroxyl groups excluding tert-OH is 1. The fraction of sp³-hybridized carbons (Fsp3) is 0.286. The van der Waals surface area contributed by atoms with Crippen LogP contribution in [0.3, 0.4) is 0 Å². The van der Waals surface area contributed by atoms with Crippen molar-refractivity contribution in [3.8, 4) is 5.75 Å². The molecule has 1 heterocycles. The Balaban J connectivity index is 1.49. The number of nitrogens with zero attached hydrogens (tertiary/aromatic N) is 1. The summed E-state index contributed by atoms with van der Waals surface area (Å²) in [6.07, 6.45) is -0.0697. The van der Waals surface area contributed by atoms with E-state index < -0.39 is 29.7 Å². The van der Waals surface area contributed by atoms with Gasteiger partial charge in [0.1, 0.15) is 17.4 Å². The first kappa shape index (κ1) is 26.7. The molecular formula is C28H29F2N3O3S. The minimum absolute atomic E-state index is 0.0350. The number of rotatable bonds is 11. The predicted molar refractivity (Wildman–Crippen MR) is 141 cm³/mol. The van der Waals surface area contributed by atoms with Gasteiger partial charge in [0.05, 0.1) is 29.5 Å². The van der Waals surface area contributed by atoms with E-state index in [1.54, 1.807) is 25.3 Å². The van der Waals surface area contributed by atoms with Crippen molar-refractivity contribution in [1.82, 2.24) is 15.6 Å². The van der Waals surface area contributed by atoms with Gasteiger partial charge in [0.25, 0.3) is 5.91 Å². The maximum absolute atomic E-state index is 13.8. The van der Waals surface area contributed by atoms with Crippen LogP contribution in [0.2, 0.25) is 0 Å². The standard InChI is InChI=1S/C28H29F2N3O3S/c1-3-17-5-4-6-18(9-17)15-31-16-25(34)24(12-19-10-20(29)13-21(30)11-19)32-27(35)28-33-23-8-7-22(36-2)14-26(23)37-28/h4-11,13-14,24-25,31,34H,3,12,15-16H2,1-2H3,(H,32,35). The molecule has 1 aromatic heterocycles. The minimum atomic E-state index is -1.03. The Hall–Kier alpha value is -3.40. The number of methoxy groups -OCH3 is 1. The van der Waals surface area contributed by atoms with Crippen molar-refractivity contribution in [3.63, 3.8) is 0 Å². The van der Waals surface area contributed by atoms with Gasteiger partial charge in [0, 0.05) is 19.2 Å². The summed E-state index contributed by atoms with van der Waals surface area (Å²) in [4.78, 5) is 17.5. The second-order valence-electron chi connectivity index (χ2n) is 8.79. The molecule has 4 aromatic rings. The molecule has 2 atom stereocenters. The van der Waals surface area contributed by atoms with Gasteiger partial charge in [-0.15, -0.1) is 11.3 Å². The van der Waals surface area contributed by atoms with E-state index in [2.05, 4.69) is 34.7 Å². The smallest absolute Gasteiger partial charge is 0.280 e. The molecule has 1 amide bonds. The number of nitrogens with one attached hydrogen (secondary N) is 2. The van der Waals surface area contributed by atoms with Crippen LogP contribution in [0, 0.1) is 11.6 Å². The Labute approximate surface area is 218 Å². The number of fused-ring (bicyclic) bond motifs is 1. The molecule has 4 rings (SSSR count). The Kier molecular flexibility index (Phi) is 8.81. The van der Waals surface area contributed by atoms with Crippen LogP contribution in [0.5, 0.6) is 5.75 Å². The summed E-state index contributed by atoms with van der Waals surface area (Å²) < 4.78 is 33.7. The molecular weight excluding hydrogens is 496 g/mol. The Morgan fingerprint density at radius 1 is 1.05 bits per heavy atom. The van der Waals surface area contributed by atoms with Gasteiger partial charge >= 0.3 is 0 Å². The van der Waals surface area contributed by atoms with Gasteiger partial charge in [0.2, 0.25) is 0 Å². The number of thiazole rings is 1. The van der Waals surface area contributed by atoms with E-state index in [0.717, 1.165) is 22.8 Å². The summed E-state index contributed by atoms with van der Waals surface area (Å²) in [6.45, 7) is 2.77. The number of hydrogen-bond donors (Lipinski definition) is 3. The average molecular weight is 526 g/mol. The lowest BCUT2D eigenvalue weighted by Gasteiger charge is -2.24. The number of hydrogen-bond acceptors (Lipinski definition) is 6. The molecule has 3 aromatic carbocycles. The van der Waals surface area contributed by atoms with E-state index >= 15 is 0 Å². The van der Waals surface area contributed by atoms with Crippen molar-refractivity contribution < 1.29 is 23.4 Å². The first-order chi connectivity index (χ1) is 17.8. The minimum Gasteiger partial charge on any atom is -0.497 e. The molecule has 2 unspecified atom stereocenters. The highest BCUT2D eigenvalue weighted by atomic mass is 32.1. The third kappa shape index (κ3) is 7.09. The van der Waals surface area contributed by atoms with Gasteiger partial charge in [0.15, 0.2) is 5.01 Å². The largest absolute Gasteiger partial charge is 0.497 e. The molecule has 37 heavy (non-hydrogen) atoms. The van der Waals surface area contributed by atoms with Crippen molar-refractivity contribution in [2.75, 3.05) is 13.7 Å². The summed E-state index contributed by atoms with van der Waals surface area (Å²) in [5.41, 5.74) is 3.26. The van der Waals surface area contributed by atoms with Gasteiger partial charge in [-0.05, 0) is 59.9 Å². The number of ether oxygens (including phenoxy) is 1. The Bertz CT molecular complexity index is 1360. The van der Waals surface area contributed by atoms with Gasteiger partial charge in [-0.2, -0.15) is 0 Å². The number of carbonyl (C=O) groups excluding carboxylic acids is 1. The molecule has 0 aliphatic heterocycles. The average Bonchev–Trinajstić information content (AvgIpc) is 3.31. The van der Waals surface area contributed by atoms with E-state index in [1.165, 1.54) is 29.0 Å². The van der Waals surface area contributed by atoms with Crippen LogP contribution in [-0.4, -0.2) is 41.8 Å². The molecule has 9 heteroatoms. The SMILES string of the molecule is CCc1cccc(CNCC(O)C(Cc2cc(F)cc(F)c2)NC(=O)c2nc3ccc(OC)cc3s2)c1. The third-order valence-corrected chi connectivity index (χ3v) is 7.05. The van der Waals surface area contributed by atoms with Crippen molar-refractivity contribution in [2.24, 2.45) is 0 Å². The van der Waals surface area contributed by atoms with E-state index in [0.29, 0.717) is 23.4 Å². The zero-order valence-electron chi connectivity index (χ0n) is 20.6. The highest BCUT2D eigenvalue weighted by Crippen LogP contribution is 2.26. The number of aliphatic hydroxyl groups is 1. The maximum Gasteiger partial charge on any atom is 0.280 e. The number of halogens is 2. The summed E-state index contributed by atoms with van der Waals surface area (Å²) in [5.74, 6) is -1.26. The van der Waals surface area contributed by atoms with Crippen LogP contribution in [0.25, 0.3) is 10.2 Å². The van der Waals surface area contributed by atoms with Crippen LogP contribution in [0.15, 0.2) is 60.7 Å². The molecule has 0 fully saturated rings. The number of amides is 1. The number of benzene rings is 3. The second kappa shape index (κ2) is 12.2. The first-order valence-corrected chi connectivity index (χ1v) is 12.8. The summed E-state index contributed by atoms with van der Waals surface area (Å²) in [6, 6.07) is 15.8. The highest BCUT2D eigenvalue weighted by Gasteiger charge is 2.24. The molecule has 0 spiro atoms. The number of aromatic nitrogens is 1. The molecule has 3 N–H and O–H groups in total. The van der Waals surface area contributed by atoms with Crippen LogP contribution in [-0.2, 0) is 19.4 Å². The monoisotopic (exact) mass is 525 g/mol. The van der Waals surface area contributed by atoms with Crippen LogP contribution >= 0.6 is 11.3 Å². The van der Waals surface area contributed by atoms with Crippen LogP contribution < -0.4 is 15.4 Å². The Morgan fingerprint density at radius 3 is 2.54 bits per heavy atom. The lowest BCUT2D eigenvalue weighted by Crippen LogP contribution is -2.48. The summed E-state index contributed by atoms with van der Waals surface area (Å²) in [7, 11) is 1.56. The summed E-state index contributed by atoms with van der Waals surface area (Å²) in [5, 5.41) is 17.2. The van der Waals surface area contributed by atoms with Crippen molar-refractivity contribution in [2.45, 2.75) is 38.5 Å². The van der Waals surface area contributed by atoms with Gasteiger partial charge in [-0.1, -0.05) is 31.2 Å². The van der Waals surface area contributed by atoms with E-state index in [9.17, 15) is 18.7 Å². The van der Waals surface area contributed by atoms with Crippen LogP contribution in [0.4, 0.5) is 8.78 Å². The molecule has 0 saturated carbocycles. The van der Waals surface area contributed by atoms with Gasteiger partial charge in [-0.3, -0.25) is 4.79 Å². The highest BCUT2D eigenvalue weighted by molar-refractivity contribution is 7.20. The second-order valence-corrected chi connectivity index (χ2v) is 9.82. The predicted octanol–water partition coefficient (Wildman–Crippen LogP) is 4.64. The van der Waals surface area contributed by atoms with Crippen molar-refractivity contribution in [1.29, 1.82) is 0 Å². The molecule has 6 nitrogen and oxygen atoms in total. The molecule has 0 radical (unpaired) electrons. The fourth-order valence-corrected chi connectivity index (χ4v) is 4.99. The lowest BCUT2D eigenvalue weighted by atomic mass is 10.0. The molecule has 0 aliphatic carbocycles. The zero-order valence-corrected chi connectivity index (χ0v) is 21.4. The number of carbonyl (C=O) groups is 1. The van der Waals surface area contributed by atoms with E-state index in [-0.39, 0.29) is 18.0 Å². The fourth-order valence-electron chi connectivity index (χ4n) is 4.09. The third-order valence-electron chi connectivity index (χ3n) is 6.03. The van der Waals surface area contributed by atoms with Gasteiger partial charge < -0.3 is 20.5 Å². The quantitative estimate of drug-likeness (QED) is 0.266. The topological polar surface area (TPSA) is 83.5 Å². The number of aryl methyl sites for hydroxylation is 1. The molecule has 194 valence electrons. The Morgan fingerprint density at radius 2 is 1.81 bits per heavy atom. The zero-order chi connectivity index (χ0) is 26.4. The molecule has 0 bridgehead atoms. The van der Waals surface area contributed by atoms with E-state index in [4.69, 9.17) is 4.74 Å². The summed E-state index contributed by atoms with van der Waals surface area (Å²) >= 11 is 1.20. The normalized spacial score (nSPS) is 12.9. The first-order valence-electron chi connectivity index (χ1n) is 12.0. The lowest BCUT2D eigenvalue weighted by molar-refractivity contribution is 0.0829. The molecule has 0 saturated heterocycles. The molecule has 0 aliphatic rings. The van der Waals surface area contributed by atoms with Gasteiger partial charge in [-0.25, -0.2) is 13.8 Å². The van der Waals surface area contributed by atoms with Crippen molar-refractivity contribution >= 4 is 27.5 Å². The van der Waals surface area contributed by atoms with Crippen LogP contribution in [0.1, 0.15) is 33.4 Å². The van der Waals surface area contributed by atoms with Crippen molar-refractivity contribution in [3.05, 3.63) is 94.0 Å².